The number of hydrogen-bond acceptors (Lipinski definition) is 4. The molecule has 1 atom stereocenters. The quantitative estimate of drug-likeness (QED) is 0.558. The molecule has 0 aromatic rings. The summed E-state index contributed by atoms with van der Waals surface area (Å²) in [6, 6.07) is 0.287. The molecule has 1 unspecified atom stereocenters. The van der Waals surface area contributed by atoms with E-state index in [-0.39, 0.29) is 12.1 Å². The van der Waals surface area contributed by atoms with E-state index in [2.05, 4.69) is 29.1 Å². The second-order valence-electron chi connectivity index (χ2n) is 7.64. The number of carbonyl (C=O) groups is 1. The van der Waals surface area contributed by atoms with Crippen LogP contribution in [0, 0.1) is 11.8 Å². The van der Waals surface area contributed by atoms with Gasteiger partial charge in [0.2, 0.25) is 0 Å². The SMILES string of the molecule is CCOC(=O)N1CCC(NC(N)=NCC2CCN(CC(C)C)C2)CC1. The molecule has 3 N–H and O–H groups in total. The lowest BCUT2D eigenvalue weighted by Crippen LogP contribution is -2.48. The molecule has 2 saturated heterocycles. The zero-order chi connectivity index (χ0) is 18.2. The molecule has 2 aliphatic heterocycles. The van der Waals surface area contributed by atoms with Crippen LogP contribution in [0.4, 0.5) is 4.79 Å². The third-order valence-electron chi connectivity index (χ3n) is 4.89. The number of nitrogens with one attached hydrogen (secondary N) is 1. The van der Waals surface area contributed by atoms with Gasteiger partial charge in [0.25, 0.3) is 0 Å². The topological polar surface area (TPSA) is 83.2 Å². The van der Waals surface area contributed by atoms with Gasteiger partial charge in [0.15, 0.2) is 5.96 Å². The van der Waals surface area contributed by atoms with Gasteiger partial charge in [-0.3, -0.25) is 4.99 Å². The fourth-order valence-corrected chi connectivity index (χ4v) is 3.65. The van der Waals surface area contributed by atoms with Crippen molar-refractivity contribution in [2.75, 3.05) is 45.9 Å². The highest BCUT2D eigenvalue weighted by Crippen LogP contribution is 2.17. The van der Waals surface area contributed by atoms with E-state index in [0.717, 1.165) is 31.8 Å². The summed E-state index contributed by atoms with van der Waals surface area (Å²) in [5.41, 5.74) is 6.06. The fourth-order valence-electron chi connectivity index (χ4n) is 3.65. The van der Waals surface area contributed by atoms with Gasteiger partial charge in [-0.1, -0.05) is 13.8 Å². The Kier molecular flexibility index (Phi) is 7.81. The highest BCUT2D eigenvalue weighted by molar-refractivity contribution is 5.78. The standard InChI is InChI=1S/C18H35N5O2/c1-4-25-18(24)23-9-6-16(7-10-23)21-17(19)20-11-15-5-8-22(13-15)12-14(2)3/h14-16H,4-13H2,1-3H3,(H3,19,20,21). The molecule has 2 fully saturated rings. The van der Waals surface area contributed by atoms with Crippen LogP contribution >= 0.6 is 0 Å². The maximum Gasteiger partial charge on any atom is 0.409 e. The smallest absolute Gasteiger partial charge is 0.409 e. The van der Waals surface area contributed by atoms with Crippen LogP contribution in [0.1, 0.15) is 40.0 Å². The van der Waals surface area contributed by atoms with Gasteiger partial charge in [-0.15, -0.1) is 0 Å². The highest BCUT2D eigenvalue weighted by Gasteiger charge is 2.24. The van der Waals surface area contributed by atoms with Crippen LogP contribution < -0.4 is 11.1 Å². The minimum atomic E-state index is -0.213. The molecule has 2 heterocycles. The van der Waals surface area contributed by atoms with E-state index in [9.17, 15) is 4.79 Å². The van der Waals surface area contributed by atoms with Crippen LogP contribution in [0.3, 0.4) is 0 Å². The van der Waals surface area contributed by atoms with E-state index >= 15 is 0 Å². The number of hydrogen-bond donors (Lipinski definition) is 2. The largest absolute Gasteiger partial charge is 0.450 e. The van der Waals surface area contributed by atoms with E-state index in [1.54, 1.807) is 4.90 Å². The summed E-state index contributed by atoms with van der Waals surface area (Å²) in [4.78, 5) is 20.5. The number of nitrogens with zero attached hydrogens (tertiary/aromatic N) is 3. The molecule has 0 spiro atoms. The van der Waals surface area contributed by atoms with Crippen molar-refractivity contribution in [3.63, 3.8) is 0 Å². The molecule has 0 saturated carbocycles. The predicted molar refractivity (Wildman–Crippen MR) is 101 cm³/mol. The van der Waals surface area contributed by atoms with Gasteiger partial charge in [0.05, 0.1) is 6.61 Å². The third-order valence-corrected chi connectivity index (χ3v) is 4.89. The number of carbonyl (C=O) groups excluding carboxylic acids is 1. The van der Waals surface area contributed by atoms with Gasteiger partial charge in [-0.05, 0) is 44.6 Å². The van der Waals surface area contributed by atoms with Crippen molar-refractivity contribution in [2.45, 2.75) is 46.1 Å². The summed E-state index contributed by atoms with van der Waals surface area (Å²) in [6.07, 6.45) is 2.75. The molecular formula is C18H35N5O2. The third kappa shape index (κ3) is 6.72. The molecule has 0 aromatic carbocycles. The van der Waals surface area contributed by atoms with Crippen molar-refractivity contribution in [1.82, 2.24) is 15.1 Å². The number of likely N-dealkylation sites (tertiary alicyclic amines) is 2. The second-order valence-corrected chi connectivity index (χ2v) is 7.64. The maximum atomic E-state index is 11.7. The first-order valence-corrected chi connectivity index (χ1v) is 9.68. The van der Waals surface area contributed by atoms with Gasteiger partial charge >= 0.3 is 6.09 Å². The molecule has 0 radical (unpaired) electrons. The van der Waals surface area contributed by atoms with E-state index in [0.29, 0.717) is 31.6 Å². The number of nitrogens with two attached hydrogens (primary N) is 1. The Morgan fingerprint density at radius 3 is 2.64 bits per heavy atom. The first-order chi connectivity index (χ1) is 12.0. The van der Waals surface area contributed by atoms with E-state index in [1.807, 2.05) is 6.92 Å². The molecule has 25 heavy (non-hydrogen) atoms. The first-order valence-electron chi connectivity index (χ1n) is 9.68. The summed E-state index contributed by atoms with van der Waals surface area (Å²) in [6.45, 7) is 12.5. The van der Waals surface area contributed by atoms with Gasteiger partial charge in [0.1, 0.15) is 0 Å². The zero-order valence-electron chi connectivity index (χ0n) is 16.0. The average Bonchev–Trinajstić information content (AvgIpc) is 3.00. The van der Waals surface area contributed by atoms with Gasteiger partial charge in [-0.25, -0.2) is 4.79 Å². The van der Waals surface area contributed by atoms with Crippen molar-refractivity contribution in [3.8, 4) is 0 Å². The Morgan fingerprint density at radius 1 is 1.28 bits per heavy atom. The minimum Gasteiger partial charge on any atom is -0.450 e. The molecule has 144 valence electrons. The molecule has 1 amide bonds. The average molecular weight is 354 g/mol. The molecule has 0 bridgehead atoms. The lowest BCUT2D eigenvalue weighted by atomic mass is 10.1. The fraction of sp³-hybridized carbons (Fsp3) is 0.889. The van der Waals surface area contributed by atoms with E-state index in [4.69, 9.17) is 10.5 Å². The Bertz CT molecular complexity index is 447. The number of ether oxygens (including phenoxy) is 1. The van der Waals surface area contributed by atoms with Crippen molar-refractivity contribution >= 4 is 12.1 Å². The van der Waals surface area contributed by atoms with Crippen LogP contribution in [0.5, 0.6) is 0 Å². The number of amides is 1. The Morgan fingerprint density at radius 2 is 2.00 bits per heavy atom. The van der Waals surface area contributed by atoms with E-state index < -0.39 is 0 Å². The van der Waals surface area contributed by atoms with Crippen molar-refractivity contribution in [3.05, 3.63) is 0 Å². The van der Waals surface area contributed by atoms with Crippen LogP contribution in [0.2, 0.25) is 0 Å². The Labute approximate surface area is 152 Å². The van der Waals surface area contributed by atoms with Crippen molar-refractivity contribution in [1.29, 1.82) is 0 Å². The molecule has 0 aromatic heterocycles. The van der Waals surface area contributed by atoms with E-state index in [1.165, 1.54) is 19.5 Å². The van der Waals surface area contributed by atoms with Crippen molar-refractivity contribution in [2.24, 2.45) is 22.6 Å². The summed E-state index contributed by atoms with van der Waals surface area (Å²) in [5, 5.41) is 3.31. The highest BCUT2D eigenvalue weighted by atomic mass is 16.6. The Balaban J connectivity index is 1.66. The monoisotopic (exact) mass is 353 g/mol. The normalized spacial score (nSPS) is 23.3. The molecule has 2 aliphatic rings. The van der Waals surface area contributed by atoms with Crippen LogP contribution in [0.25, 0.3) is 0 Å². The van der Waals surface area contributed by atoms with Gasteiger partial charge < -0.3 is 25.6 Å². The lowest BCUT2D eigenvalue weighted by Gasteiger charge is -2.31. The molecule has 7 heteroatoms. The summed E-state index contributed by atoms with van der Waals surface area (Å²) < 4.78 is 5.04. The molecular weight excluding hydrogens is 318 g/mol. The number of rotatable bonds is 6. The minimum absolute atomic E-state index is 0.213. The lowest BCUT2D eigenvalue weighted by molar-refractivity contribution is 0.0963. The summed E-state index contributed by atoms with van der Waals surface area (Å²) in [5.74, 6) is 1.87. The van der Waals surface area contributed by atoms with Crippen LogP contribution in [0.15, 0.2) is 4.99 Å². The molecule has 0 aliphatic carbocycles. The number of piperidine rings is 1. The zero-order valence-corrected chi connectivity index (χ0v) is 16.0. The molecule has 7 nitrogen and oxygen atoms in total. The Hall–Kier alpha value is -1.50. The van der Waals surface area contributed by atoms with Gasteiger partial charge in [-0.2, -0.15) is 0 Å². The van der Waals surface area contributed by atoms with Gasteiger partial charge in [0, 0.05) is 38.8 Å². The van der Waals surface area contributed by atoms with Crippen LogP contribution in [-0.2, 0) is 4.74 Å². The second kappa shape index (κ2) is 9.85. The predicted octanol–water partition coefficient (Wildman–Crippen LogP) is 1.49. The maximum absolute atomic E-state index is 11.7. The number of guanidine groups is 1. The number of aliphatic imine (C=N–C) groups is 1. The first kappa shape index (κ1) is 19.8. The molecule has 2 rings (SSSR count). The summed E-state index contributed by atoms with van der Waals surface area (Å²) in [7, 11) is 0. The summed E-state index contributed by atoms with van der Waals surface area (Å²) >= 11 is 0. The van der Waals surface area contributed by atoms with Crippen LogP contribution in [-0.4, -0.2) is 73.8 Å². The van der Waals surface area contributed by atoms with Crippen molar-refractivity contribution < 1.29 is 9.53 Å².